The molecule has 0 spiro atoms. The van der Waals surface area contributed by atoms with Crippen LogP contribution in [0.15, 0.2) is 34.4 Å². The quantitative estimate of drug-likeness (QED) is 0.805. The number of halogens is 1. The minimum atomic E-state index is 0.225. The normalized spacial score (nSPS) is 17.0. The van der Waals surface area contributed by atoms with Crippen LogP contribution in [-0.2, 0) is 0 Å². The lowest BCUT2D eigenvalue weighted by Gasteiger charge is -2.39. The number of rotatable bonds is 4. The smallest absolute Gasteiger partial charge is 0.158 e. The van der Waals surface area contributed by atoms with Gasteiger partial charge in [0.1, 0.15) is 16.0 Å². The first-order valence-corrected chi connectivity index (χ1v) is 9.06. The summed E-state index contributed by atoms with van der Waals surface area (Å²) < 4.78 is 0. The van der Waals surface area contributed by atoms with E-state index in [-0.39, 0.29) is 5.41 Å². The molecule has 2 aromatic heterocycles. The van der Waals surface area contributed by atoms with E-state index in [1.807, 2.05) is 12.1 Å². The highest BCUT2D eigenvalue weighted by Crippen LogP contribution is 2.35. The van der Waals surface area contributed by atoms with Crippen molar-refractivity contribution >= 4 is 35.0 Å². The highest BCUT2D eigenvalue weighted by Gasteiger charge is 2.29. The molecule has 3 rings (SSSR count). The molecule has 4 N–H and O–H groups in total. The van der Waals surface area contributed by atoms with Crippen molar-refractivity contribution < 1.29 is 0 Å². The number of piperidine rings is 1. The third-order valence-corrected chi connectivity index (χ3v) is 5.94. The molecule has 3 heterocycles. The van der Waals surface area contributed by atoms with Crippen LogP contribution in [-0.4, -0.2) is 34.6 Å². The number of nitrogens with two attached hydrogens (primary N) is 2. The van der Waals surface area contributed by atoms with Gasteiger partial charge in [0.2, 0.25) is 0 Å². The van der Waals surface area contributed by atoms with Crippen LogP contribution in [0.1, 0.15) is 19.8 Å². The van der Waals surface area contributed by atoms with Gasteiger partial charge in [-0.05, 0) is 36.9 Å². The van der Waals surface area contributed by atoms with E-state index in [0.29, 0.717) is 16.0 Å². The topological polar surface area (TPSA) is 94.0 Å². The molecule has 24 heavy (non-hydrogen) atoms. The lowest BCUT2D eigenvalue weighted by atomic mass is 9.80. The van der Waals surface area contributed by atoms with Gasteiger partial charge in [-0.2, -0.15) is 0 Å². The zero-order valence-corrected chi connectivity index (χ0v) is 15.1. The number of pyridine rings is 1. The fourth-order valence-corrected chi connectivity index (χ4v) is 3.63. The Morgan fingerprint density at radius 3 is 2.71 bits per heavy atom. The number of aromatic nitrogens is 3. The second-order valence-corrected chi connectivity index (χ2v) is 7.70. The van der Waals surface area contributed by atoms with Crippen molar-refractivity contribution in [2.24, 2.45) is 11.1 Å². The Balaban J connectivity index is 1.73. The van der Waals surface area contributed by atoms with Crippen molar-refractivity contribution in [2.75, 3.05) is 30.3 Å². The number of nitrogens with zero attached hydrogens (tertiary/aromatic N) is 4. The van der Waals surface area contributed by atoms with Crippen molar-refractivity contribution in [3.63, 3.8) is 0 Å². The van der Waals surface area contributed by atoms with Gasteiger partial charge in [-0.3, -0.25) is 0 Å². The molecule has 0 atom stereocenters. The summed E-state index contributed by atoms with van der Waals surface area (Å²) in [4.78, 5) is 16.1. The van der Waals surface area contributed by atoms with Crippen LogP contribution in [0.2, 0.25) is 5.15 Å². The molecule has 0 bridgehead atoms. The zero-order chi connectivity index (χ0) is 17.2. The molecule has 6 nitrogen and oxygen atoms in total. The summed E-state index contributed by atoms with van der Waals surface area (Å²) in [5.41, 5.74) is 12.2. The molecule has 2 aromatic rings. The monoisotopic (exact) mass is 364 g/mol. The number of anilines is 2. The first-order valence-electron chi connectivity index (χ1n) is 7.87. The van der Waals surface area contributed by atoms with Gasteiger partial charge in [0.25, 0.3) is 0 Å². The molecule has 0 aliphatic carbocycles. The standard InChI is InChI=1S/C16H21ClN6S/c1-16(10-18)4-7-23(8-5-16)12-9-21-15(14(19)22-12)24-11-3-2-6-20-13(11)17/h2-3,6,9H,4-5,7-8,10,18H2,1H3,(H2,19,22). The van der Waals surface area contributed by atoms with Gasteiger partial charge in [-0.25, -0.2) is 15.0 Å². The maximum absolute atomic E-state index is 6.10. The van der Waals surface area contributed by atoms with E-state index in [1.54, 1.807) is 12.4 Å². The van der Waals surface area contributed by atoms with Crippen LogP contribution in [0.4, 0.5) is 11.6 Å². The summed E-state index contributed by atoms with van der Waals surface area (Å²) >= 11 is 7.45. The minimum absolute atomic E-state index is 0.225. The summed E-state index contributed by atoms with van der Waals surface area (Å²) in [6, 6.07) is 3.71. The molecule has 0 radical (unpaired) electrons. The first-order chi connectivity index (χ1) is 11.5. The van der Waals surface area contributed by atoms with E-state index < -0.39 is 0 Å². The molecular formula is C16H21ClN6S. The van der Waals surface area contributed by atoms with Gasteiger partial charge in [0.15, 0.2) is 5.82 Å². The van der Waals surface area contributed by atoms with Crippen LogP contribution < -0.4 is 16.4 Å². The molecule has 1 aliphatic heterocycles. The largest absolute Gasteiger partial charge is 0.381 e. The van der Waals surface area contributed by atoms with Gasteiger partial charge in [-0.1, -0.05) is 30.3 Å². The average Bonchev–Trinajstić information content (AvgIpc) is 2.59. The average molecular weight is 365 g/mol. The Morgan fingerprint density at radius 1 is 1.33 bits per heavy atom. The zero-order valence-electron chi connectivity index (χ0n) is 13.6. The lowest BCUT2D eigenvalue weighted by molar-refractivity contribution is 0.258. The number of nitrogen functional groups attached to an aromatic ring is 1. The van der Waals surface area contributed by atoms with Crippen LogP contribution in [0.3, 0.4) is 0 Å². The second kappa shape index (κ2) is 7.13. The highest BCUT2D eigenvalue weighted by atomic mass is 35.5. The Labute approximate surface area is 151 Å². The number of hydrogen-bond acceptors (Lipinski definition) is 7. The minimum Gasteiger partial charge on any atom is -0.381 e. The van der Waals surface area contributed by atoms with Crippen molar-refractivity contribution in [1.29, 1.82) is 0 Å². The molecule has 0 saturated carbocycles. The summed E-state index contributed by atoms with van der Waals surface area (Å²) in [5, 5.41) is 1.07. The fraction of sp³-hybridized carbons (Fsp3) is 0.438. The summed E-state index contributed by atoms with van der Waals surface area (Å²) in [7, 11) is 0. The lowest BCUT2D eigenvalue weighted by Crippen LogP contribution is -2.42. The second-order valence-electron chi connectivity index (χ2n) is 6.31. The Morgan fingerprint density at radius 2 is 2.08 bits per heavy atom. The van der Waals surface area contributed by atoms with Crippen LogP contribution >= 0.6 is 23.4 Å². The van der Waals surface area contributed by atoms with E-state index >= 15 is 0 Å². The molecule has 1 aliphatic rings. The highest BCUT2D eigenvalue weighted by molar-refractivity contribution is 7.99. The molecule has 128 valence electrons. The first kappa shape index (κ1) is 17.3. The van der Waals surface area contributed by atoms with Gasteiger partial charge in [-0.15, -0.1) is 0 Å². The van der Waals surface area contributed by atoms with E-state index in [2.05, 4.69) is 26.8 Å². The molecular weight excluding hydrogens is 344 g/mol. The molecule has 8 heteroatoms. The van der Waals surface area contributed by atoms with Gasteiger partial charge >= 0.3 is 0 Å². The van der Waals surface area contributed by atoms with Crippen molar-refractivity contribution in [2.45, 2.75) is 29.7 Å². The molecule has 0 amide bonds. The number of hydrogen-bond donors (Lipinski definition) is 2. The van der Waals surface area contributed by atoms with Crippen LogP contribution in [0, 0.1) is 5.41 Å². The maximum atomic E-state index is 6.10. The maximum Gasteiger partial charge on any atom is 0.158 e. The molecule has 1 saturated heterocycles. The van der Waals surface area contributed by atoms with Gasteiger partial charge in [0, 0.05) is 19.3 Å². The Hall–Kier alpha value is -1.57. The third-order valence-electron chi connectivity index (χ3n) is 4.47. The van der Waals surface area contributed by atoms with Crippen molar-refractivity contribution in [3.8, 4) is 0 Å². The van der Waals surface area contributed by atoms with Gasteiger partial charge in [0.05, 0.1) is 11.1 Å². The Bertz CT molecular complexity index is 717. The van der Waals surface area contributed by atoms with Crippen molar-refractivity contribution in [1.82, 2.24) is 15.0 Å². The Kier molecular flexibility index (Phi) is 5.12. The van der Waals surface area contributed by atoms with Gasteiger partial charge < -0.3 is 16.4 Å². The third kappa shape index (κ3) is 3.74. The predicted molar refractivity (Wildman–Crippen MR) is 98.4 cm³/mol. The van der Waals surface area contributed by atoms with Crippen molar-refractivity contribution in [3.05, 3.63) is 29.7 Å². The molecule has 0 aromatic carbocycles. The summed E-state index contributed by atoms with van der Waals surface area (Å²) in [6.07, 6.45) is 5.52. The van der Waals surface area contributed by atoms with Crippen LogP contribution in [0.5, 0.6) is 0 Å². The van der Waals surface area contributed by atoms with E-state index in [4.69, 9.17) is 23.1 Å². The summed E-state index contributed by atoms with van der Waals surface area (Å²) in [6.45, 7) is 4.79. The molecule has 0 unspecified atom stereocenters. The molecule has 1 fully saturated rings. The van der Waals surface area contributed by atoms with E-state index in [1.165, 1.54) is 11.8 Å². The van der Waals surface area contributed by atoms with E-state index in [0.717, 1.165) is 43.2 Å². The van der Waals surface area contributed by atoms with Crippen LogP contribution in [0.25, 0.3) is 0 Å². The SMILES string of the molecule is CC1(CN)CCN(c2cnc(Sc3cccnc3Cl)c(N)n2)CC1. The fourth-order valence-electron chi connectivity index (χ4n) is 2.64. The van der Waals surface area contributed by atoms with E-state index in [9.17, 15) is 0 Å². The predicted octanol–water partition coefficient (Wildman–Crippen LogP) is 2.82. The summed E-state index contributed by atoms with van der Waals surface area (Å²) in [5.74, 6) is 1.22.